The summed E-state index contributed by atoms with van der Waals surface area (Å²) in [4.78, 5) is 0. The smallest absolute Gasteiger partial charge is 0.0102 e. The number of nitrogens with one attached hydrogen (secondary N) is 1. The minimum atomic E-state index is 0.596. The molecule has 1 aromatic rings. The molecule has 1 unspecified atom stereocenters. The number of hydrogen-bond donors (Lipinski definition) is 1. The second-order valence-electron chi connectivity index (χ2n) is 4.84. The van der Waals surface area contributed by atoms with E-state index in [1.807, 2.05) is 0 Å². The monoisotopic (exact) mass is 219 g/mol. The first-order chi connectivity index (χ1) is 7.51. The maximum atomic E-state index is 3.39. The summed E-state index contributed by atoms with van der Waals surface area (Å²) in [7, 11) is 2.06. The van der Waals surface area contributed by atoms with Crippen LogP contribution in [0.15, 0.2) is 6.07 Å². The van der Waals surface area contributed by atoms with Gasteiger partial charge in [-0.25, -0.2) is 0 Å². The highest BCUT2D eigenvalue weighted by molar-refractivity contribution is 5.44. The SMILES string of the molecule is CCC(Cc1c(C)c(C)cc(C)c1C)NC. The standard InChI is InChI=1S/C15H25N/c1-7-14(16-6)9-15-12(4)10(2)8-11(3)13(15)5/h8,14,16H,7,9H2,1-6H3. The highest BCUT2D eigenvalue weighted by atomic mass is 14.9. The van der Waals surface area contributed by atoms with Crippen molar-refractivity contribution in [1.29, 1.82) is 0 Å². The first kappa shape index (κ1) is 13.2. The van der Waals surface area contributed by atoms with Crippen molar-refractivity contribution in [3.63, 3.8) is 0 Å². The van der Waals surface area contributed by atoms with Crippen LogP contribution in [0.2, 0.25) is 0 Å². The fourth-order valence-corrected chi connectivity index (χ4v) is 2.30. The van der Waals surface area contributed by atoms with Gasteiger partial charge in [0.15, 0.2) is 0 Å². The van der Waals surface area contributed by atoms with Crippen molar-refractivity contribution in [2.75, 3.05) is 7.05 Å². The van der Waals surface area contributed by atoms with Gasteiger partial charge >= 0.3 is 0 Å². The predicted molar refractivity (Wildman–Crippen MR) is 72.2 cm³/mol. The van der Waals surface area contributed by atoms with Gasteiger partial charge in [0.1, 0.15) is 0 Å². The molecule has 1 atom stereocenters. The van der Waals surface area contributed by atoms with Gasteiger partial charge in [-0.05, 0) is 75.4 Å². The molecule has 0 radical (unpaired) electrons. The Labute approximate surface area is 100 Å². The number of hydrogen-bond acceptors (Lipinski definition) is 1. The average Bonchev–Trinajstić information content (AvgIpc) is 2.27. The molecule has 0 saturated carbocycles. The fourth-order valence-electron chi connectivity index (χ4n) is 2.30. The summed E-state index contributed by atoms with van der Waals surface area (Å²) in [6.07, 6.45) is 2.33. The van der Waals surface area contributed by atoms with Gasteiger partial charge in [-0.3, -0.25) is 0 Å². The van der Waals surface area contributed by atoms with Gasteiger partial charge in [-0.2, -0.15) is 0 Å². The summed E-state index contributed by atoms with van der Waals surface area (Å²) in [5, 5.41) is 3.39. The molecule has 0 heterocycles. The lowest BCUT2D eigenvalue weighted by Crippen LogP contribution is -2.27. The lowest BCUT2D eigenvalue weighted by atomic mass is 9.90. The van der Waals surface area contributed by atoms with Crippen LogP contribution in [0, 0.1) is 27.7 Å². The van der Waals surface area contributed by atoms with Crippen molar-refractivity contribution < 1.29 is 0 Å². The molecule has 90 valence electrons. The molecule has 0 aliphatic heterocycles. The number of likely N-dealkylation sites (N-methyl/N-ethyl adjacent to an activating group) is 1. The zero-order valence-electron chi connectivity index (χ0n) is 11.6. The molecule has 0 spiro atoms. The Morgan fingerprint density at radius 1 is 1.06 bits per heavy atom. The van der Waals surface area contributed by atoms with Gasteiger partial charge < -0.3 is 5.32 Å². The molecule has 0 amide bonds. The van der Waals surface area contributed by atoms with Gasteiger partial charge in [0, 0.05) is 6.04 Å². The van der Waals surface area contributed by atoms with E-state index >= 15 is 0 Å². The number of benzene rings is 1. The topological polar surface area (TPSA) is 12.0 Å². The van der Waals surface area contributed by atoms with Crippen molar-refractivity contribution in [2.24, 2.45) is 0 Å². The molecule has 1 aromatic carbocycles. The molecule has 16 heavy (non-hydrogen) atoms. The molecule has 1 rings (SSSR count). The molecule has 0 saturated heterocycles. The molecule has 0 aliphatic carbocycles. The maximum Gasteiger partial charge on any atom is 0.0102 e. The van der Waals surface area contributed by atoms with E-state index < -0.39 is 0 Å². The summed E-state index contributed by atoms with van der Waals surface area (Å²) < 4.78 is 0. The first-order valence-electron chi connectivity index (χ1n) is 6.24. The summed E-state index contributed by atoms with van der Waals surface area (Å²) >= 11 is 0. The van der Waals surface area contributed by atoms with Crippen LogP contribution >= 0.6 is 0 Å². The van der Waals surface area contributed by atoms with E-state index in [1.54, 1.807) is 5.56 Å². The van der Waals surface area contributed by atoms with E-state index in [-0.39, 0.29) is 0 Å². The fraction of sp³-hybridized carbons (Fsp3) is 0.600. The first-order valence-corrected chi connectivity index (χ1v) is 6.24. The van der Waals surface area contributed by atoms with Crippen LogP contribution < -0.4 is 5.32 Å². The van der Waals surface area contributed by atoms with Crippen LogP contribution in [0.25, 0.3) is 0 Å². The van der Waals surface area contributed by atoms with Crippen molar-refractivity contribution >= 4 is 0 Å². The van der Waals surface area contributed by atoms with E-state index in [0.717, 1.165) is 6.42 Å². The Morgan fingerprint density at radius 3 is 1.94 bits per heavy atom. The third-order valence-corrected chi connectivity index (χ3v) is 3.87. The van der Waals surface area contributed by atoms with Crippen molar-refractivity contribution in [2.45, 2.75) is 53.5 Å². The minimum absolute atomic E-state index is 0.596. The van der Waals surface area contributed by atoms with E-state index in [1.165, 1.54) is 28.7 Å². The summed E-state index contributed by atoms with van der Waals surface area (Å²) in [6.45, 7) is 11.2. The third-order valence-electron chi connectivity index (χ3n) is 3.87. The van der Waals surface area contributed by atoms with Crippen LogP contribution in [0.3, 0.4) is 0 Å². The highest BCUT2D eigenvalue weighted by Gasteiger charge is 2.12. The molecule has 1 nitrogen and oxygen atoms in total. The summed E-state index contributed by atoms with van der Waals surface area (Å²) in [5.41, 5.74) is 7.32. The highest BCUT2D eigenvalue weighted by Crippen LogP contribution is 2.23. The van der Waals surface area contributed by atoms with Gasteiger partial charge in [0.25, 0.3) is 0 Å². The van der Waals surface area contributed by atoms with E-state index in [2.05, 4.69) is 53.0 Å². The Hall–Kier alpha value is -0.820. The zero-order chi connectivity index (χ0) is 12.3. The average molecular weight is 219 g/mol. The van der Waals surface area contributed by atoms with Crippen LogP contribution in [0.1, 0.15) is 41.2 Å². The van der Waals surface area contributed by atoms with E-state index in [9.17, 15) is 0 Å². The van der Waals surface area contributed by atoms with Gasteiger partial charge in [-0.15, -0.1) is 0 Å². The van der Waals surface area contributed by atoms with Crippen molar-refractivity contribution in [3.05, 3.63) is 33.9 Å². The van der Waals surface area contributed by atoms with Gasteiger partial charge in [0.05, 0.1) is 0 Å². The number of aryl methyl sites for hydroxylation is 2. The molecule has 0 aliphatic rings. The Kier molecular flexibility index (Phi) is 4.55. The lowest BCUT2D eigenvalue weighted by Gasteiger charge is -2.20. The van der Waals surface area contributed by atoms with Gasteiger partial charge in [0.2, 0.25) is 0 Å². The summed E-state index contributed by atoms with van der Waals surface area (Å²) in [5.74, 6) is 0. The van der Waals surface area contributed by atoms with Crippen LogP contribution in [0.4, 0.5) is 0 Å². The van der Waals surface area contributed by atoms with Crippen LogP contribution in [0.5, 0.6) is 0 Å². The molecule has 0 aromatic heterocycles. The normalized spacial score (nSPS) is 12.9. The van der Waals surface area contributed by atoms with Crippen LogP contribution in [-0.2, 0) is 6.42 Å². The molecule has 0 bridgehead atoms. The van der Waals surface area contributed by atoms with Crippen molar-refractivity contribution in [3.8, 4) is 0 Å². The second kappa shape index (κ2) is 5.49. The third kappa shape index (κ3) is 2.65. The van der Waals surface area contributed by atoms with E-state index in [0.29, 0.717) is 6.04 Å². The second-order valence-corrected chi connectivity index (χ2v) is 4.84. The summed E-state index contributed by atoms with van der Waals surface area (Å²) in [6, 6.07) is 2.90. The largest absolute Gasteiger partial charge is 0.317 e. The molecular formula is C15H25N. The number of rotatable bonds is 4. The molecule has 1 N–H and O–H groups in total. The van der Waals surface area contributed by atoms with Gasteiger partial charge in [-0.1, -0.05) is 13.0 Å². The van der Waals surface area contributed by atoms with Crippen LogP contribution in [-0.4, -0.2) is 13.1 Å². The Morgan fingerprint density at radius 2 is 1.56 bits per heavy atom. The lowest BCUT2D eigenvalue weighted by molar-refractivity contribution is 0.541. The van der Waals surface area contributed by atoms with E-state index in [4.69, 9.17) is 0 Å². The zero-order valence-corrected chi connectivity index (χ0v) is 11.6. The molecule has 1 heteroatoms. The Balaban J connectivity index is 3.11. The van der Waals surface area contributed by atoms with Crippen molar-refractivity contribution in [1.82, 2.24) is 5.32 Å². The minimum Gasteiger partial charge on any atom is -0.317 e. The quantitative estimate of drug-likeness (QED) is 0.817. The molecular weight excluding hydrogens is 194 g/mol. The maximum absolute atomic E-state index is 3.39. The predicted octanol–water partition coefficient (Wildman–Crippen LogP) is 3.46. The Bertz CT molecular complexity index is 336. The molecule has 0 fully saturated rings.